The first-order chi connectivity index (χ1) is 8.63. The van der Waals surface area contributed by atoms with Crippen LogP contribution in [0.4, 0.5) is 0 Å². The minimum Gasteiger partial charge on any atom is -0.330 e. The second kappa shape index (κ2) is 5.41. The van der Waals surface area contributed by atoms with E-state index in [4.69, 9.17) is 11.5 Å². The highest BCUT2D eigenvalue weighted by atomic mass is 14.8. The van der Waals surface area contributed by atoms with Gasteiger partial charge >= 0.3 is 0 Å². The summed E-state index contributed by atoms with van der Waals surface area (Å²) in [6.07, 6.45) is 4.81. The summed E-state index contributed by atoms with van der Waals surface area (Å²) < 4.78 is 0. The number of hydrogen-bond acceptors (Lipinski definition) is 2. The van der Waals surface area contributed by atoms with Gasteiger partial charge < -0.3 is 11.5 Å². The normalized spacial score (nSPS) is 21.1. The van der Waals surface area contributed by atoms with Crippen molar-refractivity contribution in [1.29, 1.82) is 0 Å². The second-order valence-corrected chi connectivity index (χ2v) is 5.87. The highest BCUT2D eigenvalue weighted by Crippen LogP contribution is 2.48. The second-order valence-electron chi connectivity index (χ2n) is 5.87. The van der Waals surface area contributed by atoms with Crippen molar-refractivity contribution in [3.05, 3.63) is 35.4 Å². The Bertz CT molecular complexity index is 373. The molecule has 2 rings (SSSR count). The SMILES string of the molecule is CCC(C)c1ccc(C(N)C2(CN)CCC2)cc1. The first-order valence-electron chi connectivity index (χ1n) is 7.18. The van der Waals surface area contributed by atoms with Crippen molar-refractivity contribution >= 4 is 0 Å². The van der Waals surface area contributed by atoms with Crippen LogP contribution >= 0.6 is 0 Å². The summed E-state index contributed by atoms with van der Waals surface area (Å²) in [4.78, 5) is 0. The van der Waals surface area contributed by atoms with E-state index in [-0.39, 0.29) is 11.5 Å². The van der Waals surface area contributed by atoms with E-state index in [1.807, 2.05) is 0 Å². The van der Waals surface area contributed by atoms with Gasteiger partial charge in [0.15, 0.2) is 0 Å². The Morgan fingerprint density at radius 1 is 1.17 bits per heavy atom. The van der Waals surface area contributed by atoms with Gasteiger partial charge in [0.1, 0.15) is 0 Å². The van der Waals surface area contributed by atoms with Gasteiger partial charge in [-0.1, -0.05) is 44.5 Å². The molecule has 0 bridgehead atoms. The van der Waals surface area contributed by atoms with E-state index in [1.165, 1.54) is 36.8 Å². The molecular weight excluding hydrogens is 220 g/mol. The van der Waals surface area contributed by atoms with Crippen LogP contribution in [0.1, 0.15) is 62.6 Å². The Hall–Kier alpha value is -0.860. The third-order valence-corrected chi connectivity index (χ3v) is 4.89. The zero-order valence-electron chi connectivity index (χ0n) is 11.7. The molecule has 0 aliphatic heterocycles. The summed E-state index contributed by atoms with van der Waals surface area (Å²) in [5.74, 6) is 0.627. The Morgan fingerprint density at radius 3 is 2.11 bits per heavy atom. The minimum absolute atomic E-state index is 0.0993. The van der Waals surface area contributed by atoms with Gasteiger partial charge in [0, 0.05) is 11.5 Å². The molecule has 0 aromatic heterocycles. The lowest BCUT2D eigenvalue weighted by Crippen LogP contribution is -2.46. The first kappa shape index (κ1) is 13.6. The molecule has 1 aromatic carbocycles. The monoisotopic (exact) mass is 246 g/mol. The zero-order chi connectivity index (χ0) is 13.2. The summed E-state index contributed by atoms with van der Waals surface area (Å²) in [6, 6.07) is 8.95. The lowest BCUT2D eigenvalue weighted by atomic mass is 9.62. The predicted octanol–water partition coefficient (Wildman–Crippen LogP) is 3.33. The molecular formula is C16H26N2. The smallest absolute Gasteiger partial charge is 0.0364 e. The fourth-order valence-electron chi connectivity index (χ4n) is 2.89. The molecule has 2 nitrogen and oxygen atoms in total. The molecule has 1 aromatic rings. The van der Waals surface area contributed by atoms with Gasteiger partial charge in [0.25, 0.3) is 0 Å². The molecule has 100 valence electrons. The minimum atomic E-state index is 0.0993. The zero-order valence-corrected chi connectivity index (χ0v) is 11.7. The predicted molar refractivity (Wildman–Crippen MR) is 77.4 cm³/mol. The van der Waals surface area contributed by atoms with Crippen molar-refractivity contribution in [2.45, 2.75) is 51.5 Å². The molecule has 1 aliphatic rings. The van der Waals surface area contributed by atoms with Crippen molar-refractivity contribution in [3.8, 4) is 0 Å². The molecule has 2 atom stereocenters. The van der Waals surface area contributed by atoms with Crippen molar-refractivity contribution < 1.29 is 0 Å². The number of hydrogen-bond donors (Lipinski definition) is 2. The van der Waals surface area contributed by atoms with E-state index in [0.29, 0.717) is 12.5 Å². The van der Waals surface area contributed by atoms with Crippen LogP contribution < -0.4 is 11.5 Å². The Labute approximate surface area is 111 Å². The molecule has 1 fully saturated rings. The molecule has 0 spiro atoms. The summed E-state index contributed by atoms with van der Waals surface area (Å²) in [5.41, 5.74) is 15.2. The molecule has 0 radical (unpaired) electrons. The largest absolute Gasteiger partial charge is 0.330 e. The molecule has 2 unspecified atom stereocenters. The molecule has 4 N–H and O–H groups in total. The van der Waals surface area contributed by atoms with Crippen molar-refractivity contribution in [3.63, 3.8) is 0 Å². The highest BCUT2D eigenvalue weighted by molar-refractivity contribution is 5.29. The lowest BCUT2D eigenvalue weighted by Gasteiger charge is -2.45. The molecule has 18 heavy (non-hydrogen) atoms. The van der Waals surface area contributed by atoms with Gasteiger partial charge in [0.2, 0.25) is 0 Å². The van der Waals surface area contributed by atoms with Crippen LogP contribution in [-0.2, 0) is 0 Å². The average Bonchev–Trinajstić information content (AvgIpc) is 2.37. The Morgan fingerprint density at radius 2 is 1.72 bits per heavy atom. The maximum absolute atomic E-state index is 6.42. The highest BCUT2D eigenvalue weighted by Gasteiger charge is 2.41. The van der Waals surface area contributed by atoms with Gasteiger partial charge in [-0.3, -0.25) is 0 Å². The van der Waals surface area contributed by atoms with Crippen LogP contribution in [0, 0.1) is 5.41 Å². The van der Waals surface area contributed by atoms with Gasteiger partial charge in [-0.25, -0.2) is 0 Å². The summed E-state index contributed by atoms with van der Waals surface area (Å²) in [6.45, 7) is 5.20. The van der Waals surface area contributed by atoms with Crippen LogP contribution in [0.3, 0.4) is 0 Å². The maximum Gasteiger partial charge on any atom is 0.0364 e. The summed E-state index contributed by atoms with van der Waals surface area (Å²) >= 11 is 0. The topological polar surface area (TPSA) is 52.0 Å². The van der Waals surface area contributed by atoms with Crippen LogP contribution in [-0.4, -0.2) is 6.54 Å². The third-order valence-electron chi connectivity index (χ3n) is 4.89. The van der Waals surface area contributed by atoms with Gasteiger partial charge in [-0.05, 0) is 42.9 Å². The molecule has 0 amide bonds. The van der Waals surface area contributed by atoms with E-state index in [2.05, 4.69) is 38.1 Å². The van der Waals surface area contributed by atoms with Crippen molar-refractivity contribution in [2.75, 3.05) is 6.54 Å². The van der Waals surface area contributed by atoms with E-state index >= 15 is 0 Å². The quantitative estimate of drug-likeness (QED) is 0.837. The molecule has 1 aliphatic carbocycles. The van der Waals surface area contributed by atoms with E-state index in [1.54, 1.807) is 0 Å². The van der Waals surface area contributed by atoms with Crippen molar-refractivity contribution in [1.82, 2.24) is 0 Å². The summed E-state index contributed by atoms with van der Waals surface area (Å²) in [7, 11) is 0. The van der Waals surface area contributed by atoms with Gasteiger partial charge in [-0.2, -0.15) is 0 Å². The van der Waals surface area contributed by atoms with E-state index in [0.717, 1.165) is 0 Å². The van der Waals surface area contributed by atoms with Gasteiger partial charge in [0.05, 0.1) is 0 Å². The van der Waals surface area contributed by atoms with Crippen LogP contribution in [0.2, 0.25) is 0 Å². The fourth-order valence-corrected chi connectivity index (χ4v) is 2.89. The molecule has 1 saturated carbocycles. The number of nitrogens with two attached hydrogens (primary N) is 2. The maximum atomic E-state index is 6.42. The van der Waals surface area contributed by atoms with Crippen LogP contribution in [0.15, 0.2) is 24.3 Å². The number of benzene rings is 1. The standard InChI is InChI=1S/C16H26N2/c1-3-12(2)13-5-7-14(8-6-13)15(18)16(11-17)9-4-10-16/h5-8,12,15H,3-4,9-11,17-18H2,1-2H3. The van der Waals surface area contributed by atoms with Gasteiger partial charge in [-0.15, -0.1) is 0 Å². The third kappa shape index (κ3) is 2.32. The average molecular weight is 246 g/mol. The molecule has 2 heteroatoms. The Kier molecular flexibility index (Phi) is 4.08. The molecule has 0 saturated heterocycles. The van der Waals surface area contributed by atoms with Crippen LogP contribution in [0.25, 0.3) is 0 Å². The number of rotatable bonds is 5. The fraction of sp³-hybridized carbons (Fsp3) is 0.625. The Balaban J connectivity index is 2.14. The van der Waals surface area contributed by atoms with E-state index in [9.17, 15) is 0 Å². The first-order valence-corrected chi connectivity index (χ1v) is 7.18. The van der Waals surface area contributed by atoms with E-state index < -0.39 is 0 Å². The summed E-state index contributed by atoms with van der Waals surface area (Å²) in [5, 5.41) is 0. The van der Waals surface area contributed by atoms with Crippen LogP contribution in [0.5, 0.6) is 0 Å². The lowest BCUT2D eigenvalue weighted by molar-refractivity contribution is 0.105. The molecule has 0 heterocycles. The van der Waals surface area contributed by atoms with Crippen molar-refractivity contribution in [2.24, 2.45) is 16.9 Å².